The van der Waals surface area contributed by atoms with E-state index in [1.807, 2.05) is 32.0 Å². The van der Waals surface area contributed by atoms with Gasteiger partial charge in [-0.2, -0.15) is 0 Å². The number of halogens is 1. The van der Waals surface area contributed by atoms with E-state index in [1.54, 1.807) is 18.2 Å². The van der Waals surface area contributed by atoms with E-state index in [-0.39, 0.29) is 17.9 Å². The molecule has 0 saturated carbocycles. The van der Waals surface area contributed by atoms with Crippen LogP contribution in [0.3, 0.4) is 0 Å². The van der Waals surface area contributed by atoms with Crippen molar-refractivity contribution in [2.45, 2.75) is 32.9 Å². The second kappa shape index (κ2) is 7.79. The van der Waals surface area contributed by atoms with E-state index in [1.165, 1.54) is 0 Å². The summed E-state index contributed by atoms with van der Waals surface area (Å²) in [6, 6.07) is 10.8. The molecule has 1 aliphatic rings. The molecule has 2 amide bonds. The van der Waals surface area contributed by atoms with Gasteiger partial charge in [0, 0.05) is 18.7 Å². The quantitative estimate of drug-likeness (QED) is 0.845. The highest BCUT2D eigenvalue weighted by Gasteiger charge is 2.18. The predicted molar refractivity (Wildman–Crippen MR) is 101 cm³/mol. The molecule has 0 aliphatic carbocycles. The predicted octanol–water partition coefficient (Wildman–Crippen LogP) is 3.34. The summed E-state index contributed by atoms with van der Waals surface area (Å²) in [6.45, 7) is 4.77. The maximum atomic E-state index is 12.5. The topological polar surface area (TPSA) is 67.4 Å². The number of fused-ring (bicyclic) bond motifs is 1. The fourth-order valence-electron chi connectivity index (χ4n) is 2.88. The van der Waals surface area contributed by atoms with Crippen molar-refractivity contribution >= 4 is 23.4 Å². The van der Waals surface area contributed by atoms with Crippen LogP contribution in [0.25, 0.3) is 0 Å². The molecule has 6 heteroatoms. The summed E-state index contributed by atoms with van der Waals surface area (Å²) < 4.78 is 5.62. The maximum absolute atomic E-state index is 12.5. The highest BCUT2D eigenvalue weighted by molar-refractivity contribution is 6.35. The van der Waals surface area contributed by atoms with Gasteiger partial charge >= 0.3 is 0 Å². The lowest BCUT2D eigenvalue weighted by Crippen LogP contribution is -2.32. The first-order chi connectivity index (χ1) is 12.5. The Kier molecular flexibility index (Phi) is 5.47. The molecule has 1 aliphatic heterocycles. The van der Waals surface area contributed by atoms with E-state index < -0.39 is 0 Å². The van der Waals surface area contributed by atoms with Crippen LogP contribution < -0.4 is 15.4 Å². The zero-order valence-corrected chi connectivity index (χ0v) is 15.5. The van der Waals surface area contributed by atoms with Gasteiger partial charge in [0.2, 0.25) is 0 Å². The summed E-state index contributed by atoms with van der Waals surface area (Å²) >= 11 is 6.30. The van der Waals surface area contributed by atoms with Crippen molar-refractivity contribution in [3.05, 3.63) is 63.7 Å². The Morgan fingerprint density at radius 2 is 2.12 bits per heavy atom. The summed E-state index contributed by atoms with van der Waals surface area (Å²) in [5.41, 5.74) is 2.93. The molecule has 0 bridgehead atoms. The number of hydrogen-bond acceptors (Lipinski definition) is 3. The van der Waals surface area contributed by atoms with Gasteiger partial charge in [-0.05, 0) is 49.6 Å². The molecule has 0 saturated heterocycles. The van der Waals surface area contributed by atoms with E-state index >= 15 is 0 Å². The summed E-state index contributed by atoms with van der Waals surface area (Å²) in [6.07, 6.45) is 0.791. The SMILES string of the molecule is CC(C)Oc1cccc(C(=O)NCc2ccc3c(c2)C(=O)NCC3)c1Cl. The number of hydrogen-bond donors (Lipinski definition) is 2. The lowest BCUT2D eigenvalue weighted by molar-refractivity contribution is 0.0942. The summed E-state index contributed by atoms with van der Waals surface area (Å²) in [5, 5.41) is 5.97. The van der Waals surface area contributed by atoms with E-state index in [0.29, 0.717) is 35.0 Å². The Hall–Kier alpha value is -2.53. The third-order valence-electron chi connectivity index (χ3n) is 4.12. The van der Waals surface area contributed by atoms with E-state index in [2.05, 4.69) is 10.6 Å². The van der Waals surface area contributed by atoms with Crippen LogP contribution in [0.5, 0.6) is 5.75 Å². The third kappa shape index (κ3) is 3.99. The lowest BCUT2D eigenvalue weighted by Gasteiger charge is -2.17. The number of carbonyl (C=O) groups excluding carboxylic acids is 2. The molecule has 2 aromatic rings. The van der Waals surface area contributed by atoms with Crippen molar-refractivity contribution in [1.82, 2.24) is 10.6 Å². The number of amides is 2. The molecule has 2 N–H and O–H groups in total. The molecule has 26 heavy (non-hydrogen) atoms. The second-order valence-electron chi connectivity index (χ2n) is 6.46. The molecule has 0 atom stereocenters. The third-order valence-corrected chi connectivity index (χ3v) is 4.51. The number of nitrogens with one attached hydrogen (secondary N) is 2. The molecule has 1 heterocycles. The summed E-state index contributed by atoms with van der Waals surface area (Å²) in [7, 11) is 0. The van der Waals surface area contributed by atoms with Crippen LogP contribution in [-0.2, 0) is 13.0 Å². The Balaban J connectivity index is 1.72. The first-order valence-corrected chi connectivity index (χ1v) is 8.97. The van der Waals surface area contributed by atoms with Gasteiger partial charge < -0.3 is 15.4 Å². The molecule has 5 nitrogen and oxygen atoms in total. The van der Waals surface area contributed by atoms with Crippen LogP contribution in [0.1, 0.15) is 45.7 Å². The highest BCUT2D eigenvalue weighted by atomic mass is 35.5. The fraction of sp³-hybridized carbons (Fsp3) is 0.300. The van der Waals surface area contributed by atoms with Crippen LogP contribution in [-0.4, -0.2) is 24.5 Å². The minimum absolute atomic E-state index is 0.0348. The second-order valence-corrected chi connectivity index (χ2v) is 6.84. The maximum Gasteiger partial charge on any atom is 0.253 e. The minimum Gasteiger partial charge on any atom is -0.489 e. The van der Waals surface area contributed by atoms with Gasteiger partial charge in [-0.1, -0.05) is 29.8 Å². The van der Waals surface area contributed by atoms with Crippen LogP contribution in [0.4, 0.5) is 0 Å². The summed E-state index contributed by atoms with van der Waals surface area (Å²) in [5.74, 6) is 0.132. The summed E-state index contributed by atoms with van der Waals surface area (Å²) in [4.78, 5) is 24.4. The van der Waals surface area contributed by atoms with Gasteiger partial charge in [-0.3, -0.25) is 9.59 Å². The molecule has 136 valence electrons. The van der Waals surface area contributed by atoms with E-state index in [9.17, 15) is 9.59 Å². The van der Waals surface area contributed by atoms with E-state index in [4.69, 9.17) is 16.3 Å². The monoisotopic (exact) mass is 372 g/mol. The van der Waals surface area contributed by atoms with Crippen molar-refractivity contribution in [3.8, 4) is 5.75 Å². The minimum atomic E-state index is -0.286. The standard InChI is InChI=1S/C20H21ClN2O3/c1-12(2)26-17-5-3-4-15(18(17)21)19(24)23-11-13-6-7-14-8-9-22-20(25)16(14)10-13/h3-7,10,12H,8-9,11H2,1-2H3,(H,22,25)(H,23,24). The smallest absolute Gasteiger partial charge is 0.253 e. The molecule has 2 aromatic carbocycles. The lowest BCUT2D eigenvalue weighted by atomic mass is 9.98. The van der Waals surface area contributed by atoms with Gasteiger partial charge in [0.1, 0.15) is 5.75 Å². The van der Waals surface area contributed by atoms with Crippen molar-refractivity contribution in [2.75, 3.05) is 6.54 Å². The Morgan fingerprint density at radius 1 is 1.31 bits per heavy atom. The molecule has 0 aromatic heterocycles. The molecular formula is C20H21ClN2O3. The van der Waals surface area contributed by atoms with Crippen molar-refractivity contribution < 1.29 is 14.3 Å². The number of ether oxygens (including phenoxy) is 1. The first kappa shape index (κ1) is 18.3. The molecule has 0 fully saturated rings. The largest absolute Gasteiger partial charge is 0.489 e. The zero-order chi connectivity index (χ0) is 18.7. The number of carbonyl (C=O) groups is 2. The Bertz CT molecular complexity index is 849. The van der Waals surface area contributed by atoms with Gasteiger partial charge in [0.05, 0.1) is 16.7 Å². The van der Waals surface area contributed by atoms with Crippen molar-refractivity contribution in [2.24, 2.45) is 0 Å². The van der Waals surface area contributed by atoms with Gasteiger partial charge in [-0.15, -0.1) is 0 Å². The van der Waals surface area contributed by atoms with Crippen LogP contribution >= 0.6 is 11.6 Å². The Morgan fingerprint density at radius 3 is 2.88 bits per heavy atom. The fourth-order valence-corrected chi connectivity index (χ4v) is 3.13. The average Bonchev–Trinajstić information content (AvgIpc) is 2.61. The zero-order valence-electron chi connectivity index (χ0n) is 14.8. The Labute approximate surface area is 157 Å². The van der Waals surface area contributed by atoms with Crippen LogP contribution in [0.15, 0.2) is 36.4 Å². The average molecular weight is 373 g/mol. The first-order valence-electron chi connectivity index (χ1n) is 8.59. The van der Waals surface area contributed by atoms with Crippen LogP contribution in [0, 0.1) is 0 Å². The van der Waals surface area contributed by atoms with Gasteiger partial charge in [-0.25, -0.2) is 0 Å². The van der Waals surface area contributed by atoms with Gasteiger partial charge in [0.25, 0.3) is 11.8 Å². The molecule has 3 rings (SSSR count). The van der Waals surface area contributed by atoms with Crippen molar-refractivity contribution in [3.63, 3.8) is 0 Å². The highest BCUT2D eigenvalue weighted by Crippen LogP contribution is 2.29. The molecule has 0 spiro atoms. The van der Waals surface area contributed by atoms with Crippen LogP contribution in [0.2, 0.25) is 5.02 Å². The van der Waals surface area contributed by atoms with Crippen molar-refractivity contribution in [1.29, 1.82) is 0 Å². The van der Waals surface area contributed by atoms with E-state index in [0.717, 1.165) is 17.5 Å². The molecule has 0 unspecified atom stereocenters. The number of rotatable bonds is 5. The molecular weight excluding hydrogens is 352 g/mol. The molecule has 0 radical (unpaired) electrons. The van der Waals surface area contributed by atoms with Gasteiger partial charge in [0.15, 0.2) is 0 Å². The normalized spacial score (nSPS) is 13.2. The number of benzene rings is 2.